The number of para-hydroxylation sites is 1. The van der Waals surface area contributed by atoms with E-state index in [0.717, 1.165) is 44.1 Å². The van der Waals surface area contributed by atoms with Crippen molar-refractivity contribution in [2.45, 2.75) is 13.5 Å². The molecule has 0 spiro atoms. The van der Waals surface area contributed by atoms with Crippen molar-refractivity contribution in [3.8, 4) is 5.69 Å². The zero-order chi connectivity index (χ0) is 20.1. The van der Waals surface area contributed by atoms with Crippen LogP contribution in [-0.4, -0.2) is 53.2 Å². The van der Waals surface area contributed by atoms with Gasteiger partial charge in [0.05, 0.1) is 24.2 Å². The molecule has 1 aliphatic heterocycles. The van der Waals surface area contributed by atoms with Crippen LogP contribution in [0.5, 0.6) is 0 Å². The van der Waals surface area contributed by atoms with Crippen molar-refractivity contribution in [1.82, 2.24) is 14.5 Å². The van der Waals surface area contributed by atoms with Gasteiger partial charge in [-0.1, -0.05) is 18.2 Å². The van der Waals surface area contributed by atoms with Gasteiger partial charge < -0.3 is 14.2 Å². The Bertz CT molecular complexity index is 929. The summed E-state index contributed by atoms with van der Waals surface area (Å²) in [4.78, 5) is 21.0. The smallest absolute Gasteiger partial charge is 0.338 e. The molecule has 1 aromatic heterocycles. The van der Waals surface area contributed by atoms with Gasteiger partial charge in [0.1, 0.15) is 0 Å². The van der Waals surface area contributed by atoms with Crippen LogP contribution in [0.25, 0.3) is 5.69 Å². The molecule has 1 fully saturated rings. The number of aromatic nitrogens is 2. The van der Waals surface area contributed by atoms with E-state index in [0.29, 0.717) is 12.2 Å². The maximum Gasteiger partial charge on any atom is 0.338 e. The Morgan fingerprint density at radius 3 is 2.38 bits per heavy atom. The third kappa shape index (κ3) is 4.49. The van der Waals surface area contributed by atoms with E-state index in [2.05, 4.69) is 31.5 Å². The molecule has 0 aliphatic carbocycles. The number of ether oxygens (including phenoxy) is 1. The van der Waals surface area contributed by atoms with Crippen LogP contribution < -0.4 is 4.90 Å². The Labute approximate surface area is 171 Å². The molecule has 6 heteroatoms. The Kier molecular flexibility index (Phi) is 5.91. The highest BCUT2D eigenvalue weighted by Gasteiger charge is 2.19. The number of anilines is 1. The van der Waals surface area contributed by atoms with E-state index in [-0.39, 0.29) is 5.97 Å². The van der Waals surface area contributed by atoms with Crippen LogP contribution in [0.3, 0.4) is 0 Å². The number of hydrogen-bond donors (Lipinski definition) is 0. The third-order valence-electron chi connectivity index (χ3n) is 5.25. The first-order valence-electron chi connectivity index (χ1n) is 10.1. The Balaban J connectivity index is 1.35. The van der Waals surface area contributed by atoms with Gasteiger partial charge in [-0.3, -0.25) is 4.90 Å². The fraction of sp³-hybridized carbons (Fsp3) is 0.304. The van der Waals surface area contributed by atoms with Crippen molar-refractivity contribution >= 4 is 11.7 Å². The van der Waals surface area contributed by atoms with E-state index in [1.165, 1.54) is 5.69 Å². The minimum absolute atomic E-state index is 0.265. The predicted octanol–water partition coefficient (Wildman–Crippen LogP) is 3.37. The molecule has 0 N–H and O–H groups in total. The van der Waals surface area contributed by atoms with Crippen LogP contribution >= 0.6 is 0 Å². The van der Waals surface area contributed by atoms with Crippen LogP contribution in [0.15, 0.2) is 67.1 Å². The summed E-state index contributed by atoms with van der Waals surface area (Å²) >= 11 is 0. The summed E-state index contributed by atoms with van der Waals surface area (Å²) in [6.45, 7) is 6.98. The molecule has 4 rings (SSSR count). The van der Waals surface area contributed by atoms with Crippen molar-refractivity contribution in [2.75, 3.05) is 37.7 Å². The molecular weight excluding hydrogens is 364 g/mol. The summed E-state index contributed by atoms with van der Waals surface area (Å²) in [6, 6.07) is 18.0. The fourth-order valence-corrected chi connectivity index (χ4v) is 3.68. The van der Waals surface area contributed by atoms with Gasteiger partial charge in [-0.2, -0.15) is 0 Å². The lowest BCUT2D eigenvalue weighted by molar-refractivity contribution is 0.0526. The van der Waals surface area contributed by atoms with Gasteiger partial charge in [0.15, 0.2) is 0 Å². The summed E-state index contributed by atoms with van der Waals surface area (Å²) in [5, 5.41) is 0. The lowest BCUT2D eigenvalue weighted by Crippen LogP contribution is -2.46. The van der Waals surface area contributed by atoms with Gasteiger partial charge in [0, 0.05) is 50.3 Å². The first-order chi connectivity index (χ1) is 14.2. The van der Waals surface area contributed by atoms with Crippen LogP contribution in [0.2, 0.25) is 0 Å². The molecular formula is C23H26N4O2. The summed E-state index contributed by atoms with van der Waals surface area (Å²) in [6.07, 6.45) is 3.83. The largest absolute Gasteiger partial charge is 0.462 e. The molecule has 0 amide bonds. The SMILES string of the molecule is CCOC(=O)c1ccc(N2CCN(Cc3cncn3-c3ccccc3)CC2)cc1. The number of carbonyl (C=O) groups excluding carboxylic acids is 1. The summed E-state index contributed by atoms with van der Waals surface area (Å²) in [5.74, 6) is -0.265. The van der Waals surface area contributed by atoms with Crippen LogP contribution in [0, 0.1) is 0 Å². The molecule has 2 heterocycles. The monoisotopic (exact) mass is 390 g/mol. The predicted molar refractivity (Wildman–Crippen MR) is 113 cm³/mol. The molecule has 0 radical (unpaired) electrons. The minimum atomic E-state index is -0.265. The summed E-state index contributed by atoms with van der Waals surface area (Å²) < 4.78 is 7.21. The van der Waals surface area contributed by atoms with E-state index in [9.17, 15) is 4.79 Å². The van der Waals surface area contributed by atoms with E-state index in [1.807, 2.05) is 61.9 Å². The second-order valence-electron chi connectivity index (χ2n) is 7.12. The zero-order valence-electron chi connectivity index (χ0n) is 16.7. The number of esters is 1. The number of hydrogen-bond acceptors (Lipinski definition) is 5. The van der Waals surface area contributed by atoms with Crippen LogP contribution in [0.4, 0.5) is 5.69 Å². The van der Waals surface area contributed by atoms with Crippen LogP contribution in [0.1, 0.15) is 23.0 Å². The van der Waals surface area contributed by atoms with E-state index in [1.54, 1.807) is 0 Å². The van der Waals surface area contributed by atoms with Gasteiger partial charge in [-0.05, 0) is 43.3 Å². The number of rotatable bonds is 6. The Morgan fingerprint density at radius 2 is 1.69 bits per heavy atom. The quantitative estimate of drug-likeness (QED) is 0.604. The second kappa shape index (κ2) is 8.92. The highest BCUT2D eigenvalue weighted by molar-refractivity contribution is 5.89. The number of nitrogens with zero attached hydrogens (tertiary/aromatic N) is 4. The van der Waals surface area contributed by atoms with Gasteiger partial charge in [-0.15, -0.1) is 0 Å². The lowest BCUT2D eigenvalue weighted by atomic mass is 10.2. The molecule has 6 nitrogen and oxygen atoms in total. The first-order valence-corrected chi connectivity index (χ1v) is 10.1. The third-order valence-corrected chi connectivity index (χ3v) is 5.25. The van der Waals surface area contributed by atoms with Gasteiger partial charge in [-0.25, -0.2) is 9.78 Å². The molecule has 1 aliphatic rings. The van der Waals surface area contributed by atoms with E-state index >= 15 is 0 Å². The normalized spacial score (nSPS) is 14.7. The second-order valence-corrected chi connectivity index (χ2v) is 7.12. The molecule has 150 valence electrons. The van der Waals surface area contributed by atoms with E-state index < -0.39 is 0 Å². The van der Waals surface area contributed by atoms with Gasteiger partial charge in [0.2, 0.25) is 0 Å². The molecule has 0 unspecified atom stereocenters. The Hall–Kier alpha value is -3.12. The molecule has 3 aromatic rings. The minimum Gasteiger partial charge on any atom is -0.462 e. The molecule has 0 atom stereocenters. The average Bonchev–Trinajstić information content (AvgIpc) is 3.23. The van der Waals surface area contributed by atoms with E-state index in [4.69, 9.17) is 4.74 Å². The highest BCUT2D eigenvalue weighted by Crippen LogP contribution is 2.19. The molecule has 2 aromatic carbocycles. The fourth-order valence-electron chi connectivity index (χ4n) is 3.68. The molecule has 0 bridgehead atoms. The molecule has 1 saturated heterocycles. The van der Waals surface area contributed by atoms with Gasteiger partial charge >= 0.3 is 5.97 Å². The number of carbonyl (C=O) groups is 1. The number of benzene rings is 2. The average molecular weight is 390 g/mol. The first kappa shape index (κ1) is 19.2. The number of piperazine rings is 1. The van der Waals surface area contributed by atoms with Crippen molar-refractivity contribution in [2.24, 2.45) is 0 Å². The summed E-state index contributed by atoms with van der Waals surface area (Å²) in [7, 11) is 0. The van der Waals surface area contributed by atoms with Crippen molar-refractivity contribution in [3.05, 3.63) is 78.4 Å². The molecule has 29 heavy (non-hydrogen) atoms. The lowest BCUT2D eigenvalue weighted by Gasteiger charge is -2.36. The Morgan fingerprint density at radius 1 is 0.966 bits per heavy atom. The van der Waals surface area contributed by atoms with Gasteiger partial charge in [0.25, 0.3) is 0 Å². The maximum atomic E-state index is 11.8. The zero-order valence-corrected chi connectivity index (χ0v) is 16.7. The highest BCUT2D eigenvalue weighted by atomic mass is 16.5. The standard InChI is InChI=1S/C23H26N4O2/c1-2-29-23(28)19-8-10-20(11-9-19)26-14-12-25(13-15-26)17-22-16-24-18-27(22)21-6-4-3-5-7-21/h3-11,16,18H,2,12-15,17H2,1H3. The van der Waals surface area contributed by atoms with Crippen molar-refractivity contribution in [1.29, 1.82) is 0 Å². The number of imidazole rings is 1. The topological polar surface area (TPSA) is 50.6 Å². The maximum absolute atomic E-state index is 11.8. The van der Waals surface area contributed by atoms with Crippen molar-refractivity contribution < 1.29 is 9.53 Å². The van der Waals surface area contributed by atoms with Crippen LogP contribution in [-0.2, 0) is 11.3 Å². The van der Waals surface area contributed by atoms with Crippen molar-refractivity contribution in [3.63, 3.8) is 0 Å². The summed E-state index contributed by atoms with van der Waals surface area (Å²) in [5.41, 5.74) is 4.08. The molecule has 0 saturated carbocycles.